The normalized spacial score (nSPS) is 16.7. The molecule has 1 fully saturated rings. The van der Waals surface area contributed by atoms with Crippen molar-refractivity contribution < 1.29 is 13.7 Å². The minimum absolute atomic E-state index is 0.136. The Balaban J connectivity index is 1.92. The number of nitrogens with two attached hydrogens (primary N) is 1. The van der Waals surface area contributed by atoms with Crippen LogP contribution < -0.4 is 5.73 Å². The van der Waals surface area contributed by atoms with Gasteiger partial charge in [-0.1, -0.05) is 11.2 Å². The lowest BCUT2D eigenvalue weighted by Gasteiger charge is -2.18. The Morgan fingerprint density at radius 2 is 2.05 bits per heavy atom. The summed E-state index contributed by atoms with van der Waals surface area (Å²) >= 11 is 0. The lowest BCUT2D eigenvalue weighted by atomic mass is 10.00. The topological polar surface area (TPSA) is 74.2 Å². The molecule has 0 spiro atoms. The first-order valence-electron chi connectivity index (χ1n) is 6.21. The van der Waals surface area contributed by atoms with Crippen LogP contribution in [0.25, 0.3) is 11.5 Å². The number of nitrogen functional groups attached to an aromatic ring is 1. The minimum atomic E-state index is -0.456. The third kappa shape index (κ3) is 2.31. The molecule has 0 atom stereocenters. The van der Waals surface area contributed by atoms with Crippen LogP contribution >= 0.6 is 0 Å². The molecule has 6 heteroatoms. The third-order valence-electron chi connectivity index (χ3n) is 3.29. The standard InChI is InChI=1S/C13H14FN3O2/c14-9-2-1-3-10(15)11(9)13-16-12(17-19-13)8-4-6-18-7-5-8/h1-3,8H,4-7,15H2. The van der Waals surface area contributed by atoms with Crippen molar-refractivity contribution >= 4 is 5.69 Å². The van der Waals surface area contributed by atoms with Crippen molar-refractivity contribution in [2.75, 3.05) is 18.9 Å². The van der Waals surface area contributed by atoms with E-state index in [1.165, 1.54) is 6.07 Å². The summed E-state index contributed by atoms with van der Waals surface area (Å²) in [4.78, 5) is 4.27. The van der Waals surface area contributed by atoms with E-state index < -0.39 is 5.82 Å². The predicted molar refractivity (Wildman–Crippen MR) is 66.9 cm³/mol. The van der Waals surface area contributed by atoms with Gasteiger partial charge in [0.25, 0.3) is 5.89 Å². The SMILES string of the molecule is Nc1cccc(F)c1-c1nc(C2CCOCC2)no1. The van der Waals surface area contributed by atoms with E-state index in [1.807, 2.05) is 0 Å². The molecule has 0 amide bonds. The first-order chi connectivity index (χ1) is 9.25. The molecular formula is C13H14FN3O2. The van der Waals surface area contributed by atoms with E-state index in [2.05, 4.69) is 10.1 Å². The van der Waals surface area contributed by atoms with Crippen molar-refractivity contribution in [2.24, 2.45) is 0 Å². The highest BCUT2D eigenvalue weighted by molar-refractivity contribution is 5.70. The van der Waals surface area contributed by atoms with Gasteiger partial charge in [0.2, 0.25) is 0 Å². The van der Waals surface area contributed by atoms with E-state index in [9.17, 15) is 4.39 Å². The summed E-state index contributed by atoms with van der Waals surface area (Å²) in [6, 6.07) is 4.48. The smallest absolute Gasteiger partial charge is 0.263 e. The van der Waals surface area contributed by atoms with E-state index in [1.54, 1.807) is 12.1 Å². The zero-order valence-electron chi connectivity index (χ0n) is 10.3. The molecule has 100 valence electrons. The number of nitrogens with zero attached hydrogens (tertiary/aromatic N) is 2. The maximum atomic E-state index is 13.8. The summed E-state index contributed by atoms with van der Waals surface area (Å²) in [5, 5.41) is 3.93. The molecule has 1 aliphatic rings. The molecule has 2 N–H and O–H groups in total. The molecule has 1 aromatic carbocycles. The second-order valence-electron chi connectivity index (χ2n) is 4.55. The number of anilines is 1. The largest absolute Gasteiger partial charge is 0.398 e. The molecule has 0 unspecified atom stereocenters. The van der Waals surface area contributed by atoms with E-state index in [-0.39, 0.29) is 17.4 Å². The van der Waals surface area contributed by atoms with Gasteiger partial charge in [-0.3, -0.25) is 0 Å². The van der Waals surface area contributed by atoms with Crippen LogP contribution in [-0.4, -0.2) is 23.4 Å². The molecule has 2 aromatic rings. The minimum Gasteiger partial charge on any atom is -0.398 e. The first-order valence-corrected chi connectivity index (χ1v) is 6.21. The van der Waals surface area contributed by atoms with Crippen molar-refractivity contribution in [3.05, 3.63) is 29.8 Å². The Hall–Kier alpha value is -1.95. The van der Waals surface area contributed by atoms with Gasteiger partial charge in [0.05, 0.1) is 5.56 Å². The molecular weight excluding hydrogens is 249 g/mol. The molecule has 0 aliphatic carbocycles. The van der Waals surface area contributed by atoms with Crippen molar-refractivity contribution in [3.8, 4) is 11.5 Å². The average Bonchev–Trinajstić information content (AvgIpc) is 2.89. The van der Waals surface area contributed by atoms with E-state index in [0.717, 1.165) is 12.8 Å². The molecule has 1 aliphatic heterocycles. The Kier molecular flexibility index (Phi) is 3.16. The van der Waals surface area contributed by atoms with Crippen LogP contribution in [0, 0.1) is 5.82 Å². The highest BCUT2D eigenvalue weighted by Crippen LogP contribution is 2.30. The Morgan fingerprint density at radius 1 is 1.26 bits per heavy atom. The van der Waals surface area contributed by atoms with Crippen LogP contribution in [0.3, 0.4) is 0 Å². The van der Waals surface area contributed by atoms with E-state index in [0.29, 0.717) is 24.7 Å². The lowest BCUT2D eigenvalue weighted by Crippen LogP contribution is -2.15. The molecule has 0 radical (unpaired) electrons. The highest BCUT2D eigenvalue weighted by atomic mass is 19.1. The Morgan fingerprint density at radius 3 is 2.79 bits per heavy atom. The molecule has 0 saturated carbocycles. The second-order valence-corrected chi connectivity index (χ2v) is 4.55. The van der Waals surface area contributed by atoms with Gasteiger partial charge in [-0.2, -0.15) is 4.98 Å². The quantitative estimate of drug-likeness (QED) is 0.842. The fraction of sp³-hybridized carbons (Fsp3) is 0.385. The van der Waals surface area contributed by atoms with Gasteiger partial charge >= 0.3 is 0 Å². The highest BCUT2D eigenvalue weighted by Gasteiger charge is 2.23. The van der Waals surface area contributed by atoms with Gasteiger partial charge in [-0.15, -0.1) is 0 Å². The van der Waals surface area contributed by atoms with Gasteiger partial charge < -0.3 is 15.0 Å². The van der Waals surface area contributed by atoms with E-state index >= 15 is 0 Å². The Bertz CT molecular complexity index is 559. The number of benzene rings is 1. The summed E-state index contributed by atoms with van der Waals surface area (Å²) in [6.07, 6.45) is 1.71. The fourth-order valence-corrected chi connectivity index (χ4v) is 2.22. The Labute approximate surface area is 109 Å². The summed E-state index contributed by atoms with van der Waals surface area (Å²) in [6.45, 7) is 1.38. The maximum absolute atomic E-state index is 13.8. The summed E-state index contributed by atoms with van der Waals surface area (Å²) < 4.78 is 24.2. The number of ether oxygens (including phenoxy) is 1. The second kappa shape index (κ2) is 4.97. The lowest BCUT2D eigenvalue weighted by molar-refractivity contribution is 0.0830. The van der Waals surface area contributed by atoms with Gasteiger partial charge in [0.1, 0.15) is 5.82 Å². The number of hydrogen-bond donors (Lipinski definition) is 1. The number of rotatable bonds is 2. The van der Waals surface area contributed by atoms with Gasteiger partial charge in [0.15, 0.2) is 5.82 Å². The van der Waals surface area contributed by atoms with Crippen molar-refractivity contribution in [1.29, 1.82) is 0 Å². The van der Waals surface area contributed by atoms with Crippen molar-refractivity contribution in [3.63, 3.8) is 0 Å². The molecule has 2 heterocycles. The zero-order chi connectivity index (χ0) is 13.2. The molecule has 3 rings (SSSR count). The number of halogens is 1. The number of aromatic nitrogens is 2. The van der Waals surface area contributed by atoms with Gasteiger partial charge in [-0.05, 0) is 25.0 Å². The van der Waals surface area contributed by atoms with Gasteiger partial charge in [-0.25, -0.2) is 4.39 Å². The molecule has 5 nitrogen and oxygen atoms in total. The molecule has 19 heavy (non-hydrogen) atoms. The van der Waals surface area contributed by atoms with Crippen molar-refractivity contribution in [1.82, 2.24) is 10.1 Å². The average molecular weight is 263 g/mol. The van der Waals surface area contributed by atoms with Gasteiger partial charge in [0, 0.05) is 24.8 Å². The third-order valence-corrected chi connectivity index (χ3v) is 3.29. The van der Waals surface area contributed by atoms with Crippen molar-refractivity contribution in [2.45, 2.75) is 18.8 Å². The maximum Gasteiger partial charge on any atom is 0.263 e. The predicted octanol–water partition coefficient (Wildman–Crippen LogP) is 2.35. The molecule has 1 aromatic heterocycles. The van der Waals surface area contributed by atoms with Crippen LogP contribution in [-0.2, 0) is 4.74 Å². The zero-order valence-corrected chi connectivity index (χ0v) is 10.3. The van der Waals surface area contributed by atoms with Crippen LogP contribution in [0.1, 0.15) is 24.6 Å². The summed E-state index contributed by atoms with van der Waals surface area (Å²) in [5.41, 5.74) is 6.22. The molecule has 0 bridgehead atoms. The monoisotopic (exact) mass is 263 g/mol. The first kappa shape index (κ1) is 12.1. The fourth-order valence-electron chi connectivity index (χ4n) is 2.22. The number of hydrogen-bond acceptors (Lipinski definition) is 5. The molecule has 1 saturated heterocycles. The summed E-state index contributed by atoms with van der Waals surface area (Å²) in [7, 11) is 0. The van der Waals surface area contributed by atoms with E-state index in [4.69, 9.17) is 15.0 Å². The van der Waals surface area contributed by atoms with Crippen LogP contribution in [0.2, 0.25) is 0 Å². The summed E-state index contributed by atoms with van der Waals surface area (Å²) in [5.74, 6) is 0.486. The van der Waals surface area contributed by atoms with Crippen LogP contribution in [0.15, 0.2) is 22.7 Å². The van der Waals surface area contributed by atoms with Crippen LogP contribution in [0.4, 0.5) is 10.1 Å². The van der Waals surface area contributed by atoms with Crippen LogP contribution in [0.5, 0.6) is 0 Å².